The van der Waals surface area contributed by atoms with E-state index in [0.29, 0.717) is 37.8 Å². The summed E-state index contributed by atoms with van der Waals surface area (Å²) in [6.45, 7) is 6.40. The summed E-state index contributed by atoms with van der Waals surface area (Å²) in [4.78, 5) is 28.9. The molecular weight excluding hydrogens is 395 g/mol. The lowest BCUT2D eigenvalue weighted by Crippen LogP contribution is -2.52. The molecule has 0 spiro atoms. The topological polar surface area (TPSA) is 49.9 Å². The van der Waals surface area contributed by atoms with E-state index in [4.69, 9.17) is 4.74 Å². The number of hydrogen-bond donors (Lipinski definition) is 0. The van der Waals surface area contributed by atoms with Crippen molar-refractivity contribution in [3.05, 3.63) is 65.5 Å². The first-order valence-electron chi connectivity index (χ1n) is 11.0. The molecule has 2 unspecified atom stereocenters. The van der Waals surface area contributed by atoms with Crippen molar-refractivity contribution in [2.75, 3.05) is 32.8 Å². The quantitative estimate of drug-likeness (QED) is 0.709. The fraction of sp³-hybridized carbons (Fsp3) is 0.440. The Hall–Kier alpha value is -2.89. The van der Waals surface area contributed by atoms with Crippen molar-refractivity contribution in [2.45, 2.75) is 32.1 Å². The van der Waals surface area contributed by atoms with Gasteiger partial charge >= 0.3 is 0 Å². The molecule has 2 aliphatic rings. The summed E-state index contributed by atoms with van der Waals surface area (Å²) < 4.78 is 18.8. The summed E-state index contributed by atoms with van der Waals surface area (Å²) in [6, 6.07) is 14.2. The molecule has 2 atom stereocenters. The summed E-state index contributed by atoms with van der Waals surface area (Å²) >= 11 is 0. The van der Waals surface area contributed by atoms with Crippen LogP contribution in [-0.2, 0) is 9.59 Å². The van der Waals surface area contributed by atoms with E-state index in [2.05, 4.69) is 13.8 Å². The molecule has 0 radical (unpaired) electrons. The highest BCUT2D eigenvalue weighted by Gasteiger charge is 2.46. The molecule has 1 saturated carbocycles. The molecule has 0 N–H and O–H groups in total. The highest BCUT2D eigenvalue weighted by molar-refractivity contribution is 5.83. The Kier molecular flexibility index (Phi) is 6.25. The molecule has 0 aromatic heterocycles. The van der Waals surface area contributed by atoms with Gasteiger partial charge in [-0.2, -0.15) is 0 Å². The van der Waals surface area contributed by atoms with Gasteiger partial charge in [0.1, 0.15) is 11.6 Å². The molecule has 2 aromatic carbocycles. The molecular formula is C25H29FN2O3. The summed E-state index contributed by atoms with van der Waals surface area (Å²) in [6.07, 6.45) is 0.813. The van der Waals surface area contributed by atoms with E-state index in [-0.39, 0.29) is 36.1 Å². The van der Waals surface area contributed by atoms with Gasteiger partial charge < -0.3 is 14.5 Å². The smallest absolute Gasteiger partial charge is 0.260 e. The lowest BCUT2D eigenvalue weighted by Gasteiger charge is -2.35. The van der Waals surface area contributed by atoms with E-state index >= 15 is 0 Å². The Bertz CT molecular complexity index is 919. The minimum atomic E-state index is -0.260. The van der Waals surface area contributed by atoms with Crippen LogP contribution in [0.2, 0.25) is 0 Å². The summed E-state index contributed by atoms with van der Waals surface area (Å²) in [5, 5.41) is 0. The lowest BCUT2D eigenvalue weighted by atomic mass is 10.0. The molecule has 2 amide bonds. The molecule has 31 heavy (non-hydrogen) atoms. The van der Waals surface area contributed by atoms with Crippen molar-refractivity contribution >= 4 is 11.8 Å². The van der Waals surface area contributed by atoms with Crippen LogP contribution in [0.5, 0.6) is 5.75 Å². The number of nitrogens with zero attached hydrogens (tertiary/aromatic N) is 2. The predicted molar refractivity (Wildman–Crippen MR) is 116 cm³/mol. The monoisotopic (exact) mass is 424 g/mol. The Morgan fingerprint density at radius 1 is 0.968 bits per heavy atom. The Morgan fingerprint density at radius 3 is 2.19 bits per heavy atom. The van der Waals surface area contributed by atoms with Gasteiger partial charge in [0.05, 0.1) is 0 Å². The van der Waals surface area contributed by atoms with Crippen LogP contribution in [-0.4, -0.2) is 54.4 Å². The molecule has 2 fully saturated rings. The maximum atomic E-state index is 13.1. The molecule has 0 bridgehead atoms. The fourth-order valence-corrected chi connectivity index (χ4v) is 4.14. The SMILES string of the molecule is CC(C)c1ccc(OCC(=O)N2CCN(C(=O)C3CC3c3ccc(F)cc3)CC2)cc1. The molecule has 1 saturated heterocycles. The second kappa shape index (κ2) is 9.08. The number of benzene rings is 2. The van der Waals surface area contributed by atoms with Gasteiger partial charge in [-0.25, -0.2) is 4.39 Å². The van der Waals surface area contributed by atoms with Crippen LogP contribution in [0.1, 0.15) is 43.2 Å². The highest BCUT2D eigenvalue weighted by atomic mass is 19.1. The minimum absolute atomic E-state index is 0.00420. The molecule has 2 aromatic rings. The molecule has 1 heterocycles. The van der Waals surface area contributed by atoms with Crippen molar-refractivity contribution in [3.63, 3.8) is 0 Å². The van der Waals surface area contributed by atoms with Gasteiger partial charge in [0.25, 0.3) is 5.91 Å². The number of hydrogen-bond acceptors (Lipinski definition) is 3. The molecule has 4 rings (SSSR count). The average molecular weight is 425 g/mol. The van der Waals surface area contributed by atoms with Crippen molar-refractivity contribution in [2.24, 2.45) is 5.92 Å². The highest BCUT2D eigenvalue weighted by Crippen LogP contribution is 2.48. The van der Waals surface area contributed by atoms with Gasteiger partial charge in [0.2, 0.25) is 5.91 Å². The van der Waals surface area contributed by atoms with E-state index < -0.39 is 0 Å². The van der Waals surface area contributed by atoms with Crippen LogP contribution in [0.15, 0.2) is 48.5 Å². The van der Waals surface area contributed by atoms with Crippen LogP contribution >= 0.6 is 0 Å². The largest absolute Gasteiger partial charge is 0.484 e. The molecule has 164 valence electrons. The van der Waals surface area contributed by atoms with E-state index in [1.165, 1.54) is 17.7 Å². The van der Waals surface area contributed by atoms with Crippen LogP contribution in [0.25, 0.3) is 0 Å². The molecule has 1 aliphatic heterocycles. The first-order chi connectivity index (χ1) is 14.9. The first kappa shape index (κ1) is 21.3. The summed E-state index contributed by atoms with van der Waals surface area (Å²) in [5.74, 6) is 1.12. The summed E-state index contributed by atoms with van der Waals surface area (Å²) in [5.41, 5.74) is 2.25. The third-order valence-electron chi connectivity index (χ3n) is 6.26. The average Bonchev–Trinajstić information content (AvgIpc) is 3.59. The normalized spacial score (nSPS) is 20.6. The number of ether oxygens (including phenoxy) is 1. The van der Waals surface area contributed by atoms with Gasteiger partial charge in [-0.3, -0.25) is 9.59 Å². The van der Waals surface area contributed by atoms with Gasteiger partial charge in [0, 0.05) is 32.1 Å². The van der Waals surface area contributed by atoms with Gasteiger partial charge in [-0.1, -0.05) is 38.1 Å². The second-order valence-electron chi connectivity index (χ2n) is 8.72. The Balaban J connectivity index is 1.21. The zero-order valence-electron chi connectivity index (χ0n) is 18.1. The molecule has 6 heteroatoms. The Labute approximate surface area is 182 Å². The van der Waals surface area contributed by atoms with Crippen molar-refractivity contribution in [1.29, 1.82) is 0 Å². The maximum Gasteiger partial charge on any atom is 0.260 e. The summed E-state index contributed by atoms with van der Waals surface area (Å²) in [7, 11) is 0. The molecule has 1 aliphatic carbocycles. The number of rotatable bonds is 6. The zero-order valence-corrected chi connectivity index (χ0v) is 18.1. The van der Waals surface area contributed by atoms with Crippen LogP contribution in [0.4, 0.5) is 4.39 Å². The zero-order chi connectivity index (χ0) is 22.0. The lowest BCUT2D eigenvalue weighted by molar-refractivity contribution is -0.141. The van der Waals surface area contributed by atoms with Gasteiger partial charge in [0.15, 0.2) is 6.61 Å². The molecule has 5 nitrogen and oxygen atoms in total. The second-order valence-corrected chi connectivity index (χ2v) is 8.72. The number of amides is 2. The first-order valence-corrected chi connectivity index (χ1v) is 11.0. The number of piperazine rings is 1. The number of carbonyl (C=O) groups is 2. The third-order valence-corrected chi connectivity index (χ3v) is 6.26. The maximum absolute atomic E-state index is 13.1. The number of halogens is 1. The van der Waals surface area contributed by atoms with E-state index in [0.717, 1.165) is 12.0 Å². The van der Waals surface area contributed by atoms with Crippen LogP contribution in [0.3, 0.4) is 0 Å². The minimum Gasteiger partial charge on any atom is -0.484 e. The standard InChI is InChI=1S/C25H29FN2O3/c1-17(2)18-5-9-21(10-6-18)31-16-24(29)27-11-13-28(14-12-27)25(30)23-15-22(23)19-3-7-20(26)8-4-19/h3-10,17,22-23H,11-16H2,1-2H3. The third kappa shape index (κ3) is 5.06. The number of carbonyl (C=O) groups excluding carboxylic acids is 2. The Morgan fingerprint density at radius 2 is 1.58 bits per heavy atom. The van der Waals surface area contributed by atoms with Crippen molar-refractivity contribution in [1.82, 2.24) is 9.80 Å². The fourth-order valence-electron chi connectivity index (χ4n) is 4.14. The van der Waals surface area contributed by atoms with Crippen molar-refractivity contribution in [3.8, 4) is 5.75 Å². The van der Waals surface area contributed by atoms with Crippen molar-refractivity contribution < 1.29 is 18.7 Å². The van der Waals surface area contributed by atoms with E-state index in [9.17, 15) is 14.0 Å². The van der Waals surface area contributed by atoms with Crippen LogP contribution < -0.4 is 4.74 Å². The van der Waals surface area contributed by atoms with Gasteiger partial charge in [-0.15, -0.1) is 0 Å². The predicted octanol–water partition coefficient (Wildman–Crippen LogP) is 3.80. The van der Waals surface area contributed by atoms with Crippen LogP contribution in [0, 0.1) is 11.7 Å². The van der Waals surface area contributed by atoms with E-state index in [1.54, 1.807) is 17.0 Å². The van der Waals surface area contributed by atoms with E-state index in [1.807, 2.05) is 29.2 Å². The van der Waals surface area contributed by atoms with Gasteiger partial charge in [-0.05, 0) is 53.6 Å².